The Morgan fingerprint density at radius 2 is 1.81 bits per heavy atom. The summed E-state index contributed by atoms with van der Waals surface area (Å²) in [6, 6.07) is 13.5. The van der Waals surface area contributed by atoms with Crippen LogP contribution in [0.1, 0.15) is 30.5 Å². The summed E-state index contributed by atoms with van der Waals surface area (Å²) in [5, 5.41) is 2.86. The van der Waals surface area contributed by atoms with Gasteiger partial charge in [-0.3, -0.25) is 4.79 Å². The van der Waals surface area contributed by atoms with Crippen molar-refractivity contribution in [2.24, 2.45) is 5.73 Å². The Bertz CT molecular complexity index is 663. The van der Waals surface area contributed by atoms with E-state index < -0.39 is 0 Å². The molecule has 1 atom stereocenters. The number of hydrogen-bond donors (Lipinski definition) is 2. The molecule has 1 amide bonds. The van der Waals surface area contributed by atoms with Crippen molar-refractivity contribution >= 4 is 11.6 Å². The highest BCUT2D eigenvalue weighted by molar-refractivity contribution is 5.94. The van der Waals surface area contributed by atoms with Gasteiger partial charge in [-0.05, 0) is 54.8 Å². The first kappa shape index (κ1) is 13.6. The fourth-order valence-corrected chi connectivity index (χ4v) is 2.40. The molecular weight excluding hydrogens is 264 g/mol. The number of amides is 1. The molecule has 4 heteroatoms. The second kappa shape index (κ2) is 5.58. The highest BCUT2D eigenvalue weighted by Gasteiger charge is 2.15. The van der Waals surface area contributed by atoms with Gasteiger partial charge in [-0.2, -0.15) is 0 Å². The van der Waals surface area contributed by atoms with Crippen LogP contribution in [0, 0.1) is 0 Å². The predicted molar refractivity (Wildman–Crippen MR) is 82.5 cm³/mol. The maximum absolute atomic E-state index is 11.3. The fourth-order valence-electron chi connectivity index (χ4n) is 2.40. The van der Waals surface area contributed by atoms with Gasteiger partial charge in [0.05, 0.1) is 0 Å². The normalized spacial score (nSPS) is 15.0. The van der Waals surface area contributed by atoms with Gasteiger partial charge < -0.3 is 15.8 Å². The number of rotatable bonds is 3. The van der Waals surface area contributed by atoms with Crippen LogP contribution in [0.3, 0.4) is 0 Å². The number of carbonyl (C=O) groups excluding carboxylic acids is 1. The average molecular weight is 282 g/mol. The third-order valence-corrected chi connectivity index (χ3v) is 3.61. The summed E-state index contributed by atoms with van der Waals surface area (Å²) < 4.78 is 5.85. The second-order valence-electron chi connectivity index (χ2n) is 5.33. The van der Waals surface area contributed by atoms with Crippen LogP contribution >= 0.6 is 0 Å². The molecule has 0 radical (unpaired) electrons. The monoisotopic (exact) mass is 282 g/mol. The first-order valence-corrected chi connectivity index (χ1v) is 7.08. The molecule has 108 valence electrons. The van der Waals surface area contributed by atoms with Gasteiger partial charge in [0.15, 0.2) is 0 Å². The highest BCUT2D eigenvalue weighted by Crippen LogP contribution is 2.29. The summed E-state index contributed by atoms with van der Waals surface area (Å²) in [6.07, 6.45) is 1.28. The van der Waals surface area contributed by atoms with Crippen molar-refractivity contribution in [2.45, 2.75) is 25.8 Å². The van der Waals surface area contributed by atoms with E-state index >= 15 is 0 Å². The number of anilines is 1. The zero-order valence-corrected chi connectivity index (χ0v) is 11.9. The fraction of sp³-hybridized carbons (Fsp3) is 0.235. The van der Waals surface area contributed by atoms with E-state index in [2.05, 4.69) is 5.32 Å². The van der Waals surface area contributed by atoms with Crippen LogP contribution in [0.25, 0.3) is 0 Å². The van der Waals surface area contributed by atoms with Crippen molar-refractivity contribution in [3.63, 3.8) is 0 Å². The van der Waals surface area contributed by atoms with Gasteiger partial charge in [0.25, 0.3) is 0 Å². The molecule has 0 unspecified atom stereocenters. The van der Waals surface area contributed by atoms with Gasteiger partial charge in [-0.25, -0.2) is 0 Å². The standard InChI is InChI=1S/C17H18N2O2/c1-11(18)12-2-5-14(6-3-12)21-15-7-8-16-13(10-15)4-9-17(20)19-16/h2-3,5-8,10-11H,4,9,18H2,1H3,(H,19,20)/t11-/m1/s1. The molecule has 1 heterocycles. The lowest BCUT2D eigenvalue weighted by molar-refractivity contribution is -0.116. The number of ether oxygens (including phenoxy) is 1. The number of carbonyl (C=O) groups is 1. The van der Waals surface area contributed by atoms with Crippen molar-refractivity contribution in [3.05, 3.63) is 53.6 Å². The Morgan fingerprint density at radius 3 is 2.52 bits per heavy atom. The summed E-state index contributed by atoms with van der Waals surface area (Å²) >= 11 is 0. The van der Waals surface area contributed by atoms with Crippen LogP contribution in [0.15, 0.2) is 42.5 Å². The lowest BCUT2D eigenvalue weighted by Gasteiger charge is -2.17. The van der Waals surface area contributed by atoms with Gasteiger partial charge in [0.1, 0.15) is 11.5 Å². The lowest BCUT2D eigenvalue weighted by atomic mass is 10.0. The van der Waals surface area contributed by atoms with Crippen LogP contribution in [-0.2, 0) is 11.2 Å². The molecule has 3 N–H and O–H groups in total. The second-order valence-corrected chi connectivity index (χ2v) is 5.33. The first-order chi connectivity index (χ1) is 10.1. The quantitative estimate of drug-likeness (QED) is 0.907. The summed E-state index contributed by atoms with van der Waals surface area (Å²) in [4.78, 5) is 11.3. The number of nitrogens with two attached hydrogens (primary N) is 1. The van der Waals surface area contributed by atoms with Crippen LogP contribution < -0.4 is 15.8 Å². The number of aryl methyl sites for hydroxylation is 1. The minimum atomic E-state index is 0.0198. The Balaban J connectivity index is 1.77. The van der Waals surface area contributed by atoms with Crippen LogP contribution in [0.4, 0.5) is 5.69 Å². The third-order valence-electron chi connectivity index (χ3n) is 3.61. The molecule has 1 aliphatic rings. The molecule has 0 saturated carbocycles. The Labute approximate surface area is 123 Å². The summed E-state index contributed by atoms with van der Waals surface area (Å²) in [7, 11) is 0. The molecule has 0 spiro atoms. The molecule has 4 nitrogen and oxygen atoms in total. The van der Waals surface area contributed by atoms with E-state index in [0.717, 1.165) is 34.7 Å². The van der Waals surface area contributed by atoms with E-state index in [1.165, 1.54) is 0 Å². The minimum absolute atomic E-state index is 0.0198. The van der Waals surface area contributed by atoms with E-state index in [1.54, 1.807) is 0 Å². The van der Waals surface area contributed by atoms with E-state index in [4.69, 9.17) is 10.5 Å². The molecular formula is C17H18N2O2. The van der Waals surface area contributed by atoms with E-state index in [1.807, 2.05) is 49.4 Å². The molecule has 0 fully saturated rings. The average Bonchev–Trinajstić information content (AvgIpc) is 2.48. The summed E-state index contributed by atoms with van der Waals surface area (Å²) in [5.41, 5.74) is 8.90. The predicted octanol–water partition coefficient (Wildman–Crippen LogP) is 3.38. The topological polar surface area (TPSA) is 64.3 Å². The number of fused-ring (bicyclic) bond motifs is 1. The molecule has 2 aromatic rings. The number of hydrogen-bond acceptors (Lipinski definition) is 3. The van der Waals surface area contributed by atoms with Crippen LogP contribution in [0.5, 0.6) is 11.5 Å². The Kier molecular flexibility index (Phi) is 3.62. The molecule has 1 aliphatic heterocycles. The zero-order valence-electron chi connectivity index (χ0n) is 11.9. The molecule has 0 aromatic heterocycles. The van der Waals surface area contributed by atoms with Crippen molar-refractivity contribution in [1.29, 1.82) is 0 Å². The maximum atomic E-state index is 11.3. The number of benzene rings is 2. The van der Waals surface area contributed by atoms with Gasteiger partial charge in [-0.15, -0.1) is 0 Å². The first-order valence-electron chi connectivity index (χ1n) is 7.08. The summed E-state index contributed by atoms with van der Waals surface area (Å²) in [5.74, 6) is 1.63. The van der Waals surface area contributed by atoms with E-state index in [9.17, 15) is 4.79 Å². The van der Waals surface area contributed by atoms with Crippen molar-refractivity contribution in [1.82, 2.24) is 0 Å². The van der Waals surface area contributed by atoms with Crippen LogP contribution in [-0.4, -0.2) is 5.91 Å². The molecule has 0 aliphatic carbocycles. The minimum Gasteiger partial charge on any atom is -0.457 e. The lowest BCUT2D eigenvalue weighted by Crippen LogP contribution is -2.18. The van der Waals surface area contributed by atoms with Crippen LogP contribution in [0.2, 0.25) is 0 Å². The molecule has 3 rings (SSSR count). The smallest absolute Gasteiger partial charge is 0.224 e. The van der Waals surface area contributed by atoms with Crippen molar-refractivity contribution in [2.75, 3.05) is 5.32 Å². The van der Waals surface area contributed by atoms with E-state index in [0.29, 0.717) is 6.42 Å². The molecule has 2 aromatic carbocycles. The third kappa shape index (κ3) is 3.06. The van der Waals surface area contributed by atoms with Gasteiger partial charge >= 0.3 is 0 Å². The van der Waals surface area contributed by atoms with Gasteiger partial charge in [0.2, 0.25) is 5.91 Å². The largest absolute Gasteiger partial charge is 0.457 e. The molecule has 0 bridgehead atoms. The molecule has 21 heavy (non-hydrogen) atoms. The zero-order chi connectivity index (χ0) is 14.8. The van der Waals surface area contributed by atoms with Crippen molar-refractivity contribution < 1.29 is 9.53 Å². The van der Waals surface area contributed by atoms with E-state index in [-0.39, 0.29) is 11.9 Å². The van der Waals surface area contributed by atoms with Crippen molar-refractivity contribution in [3.8, 4) is 11.5 Å². The summed E-state index contributed by atoms with van der Waals surface area (Å²) in [6.45, 7) is 1.95. The Hall–Kier alpha value is -2.33. The SMILES string of the molecule is C[C@@H](N)c1ccc(Oc2ccc3c(c2)CCC(=O)N3)cc1. The Morgan fingerprint density at radius 1 is 1.10 bits per heavy atom. The highest BCUT2D eigenvalue weighted by atomic mass is 16.5. The maximum Gasteiger partial charge on any atom is 0.224 e. The van der Waals surface area contributed by atoms with Gasteiger partial charge in [-0.1, -0.05) is 12.1 Å². The van der Waals surface area contributed by atoms with Gasteiger partial charge in [0, 0.05) is 18.2 Å². The molecule has 0 saturated heterocycles. The number of nitrogens with one attached hydrogen (secondary N) is 1.